The van der Waals surface area contributed by atoms with Crippen LogP contribution in [0.25, 0.3) is 0 Å². The van der Waals surface area contributed by atoms with Crippen molar-refractivity contribution in [2.45, 2.75) is 19.4 Å². The summed E-state index contributed by atoms with van der Waals surface area (Å²) < 4.78 is 13.1. The van der Waals surface area contributed by atoms with Crippen LogP contribution in [0.3, 0.4) is 0 Å². The van der Waals surface area contributed by atoms with Crippen LogP contribution in [-0.4, -0.2) is 40.9 Å². The quantitative estimate of drug-likeness (QED) is 0.887. The van der Waals surface area contributed by atoms with Gasteiger partial charge in [0.2, 0.25) is 5.95 Å². The highest BCUT2D eigenvalue weighted by Crippen LogP contribution is 2.13. The highest BCUT2D eigenvalue weighted by atomic mass is 19.1. The zero-order valence-corrected chi connectivity index (χ0v) is 11.4. The summed E-state index contributed by atoms with van der Waals surface area (Å²) in [6.07, 6.45) is 0.562. The van der Waals surface area contributed by atoms with Gasteiger partial charge >= 0.3 is 0 Å². The molecule has 1 fully saturated rings. The molecule has 0 aliphatic carbocycles. The lowest BCUT2D eigenvalue weighted by molar-refractivity contribution is 0.480. The van der Waals surface area contributed by atoms with E-state index < -0.39 is 0 Å². The number of halogens is 1. The van der Waals surface area contributed by atoms with E-state index in [1.54, 1.807) is 6.07 Å². The number of H-pyrrole nitrogens is 1. The van der Waals surface area contributed by atoms with Crippen LogP contribution in [0.5, 0.6) is 0 Å². The van der Waals surface area contributed by atoms with Gasteiger partial charge in [-0.25, -0.2) is 4.39 Å². The molecule has 3 rings (SSSR count). The van der Waals surface area contributed by atoms with Crippen LogP contribution in [0.2, 0.25) is 0 Å². The third-order valence-electron chi connectivity index (χ3n) is 3.43. The summed E-state index contributed by atoms with van der Waals surface area (Å²) in [7, 11) is 0. The van der Waals surface area contributed by atoms with E-state index >= 15 is 0 Å². The fourth-order valence-electron chi connectivity index (χ4n) is 2.46. The van der Waals surface area contributed by atoms with Crippen LogP contribution >= 0.6 is 0 Å². The first-order chi connectivity index (χ1) is 9.70. The van der Waals surface area contributed by atoms with Crippen molar-refractivity contribution in [3.63, 3.8) is 0 Å². The van der Waals surface area contributed by atoms with Gasteiger partial charge in [-0.2, -0.15) is 4.98 Å². The molecule has 6 heteroatoms. The summed E-state index contributed by atoms with van der Waals surface area (Å²) in [5, 5.41) is 10.6. The van der Waals surface area contributed by atoms with Crippen molar-refractivity contribution in [2.24, 2.45) is 0 Å². The van der Waals surface area contributed by atoms with E-state index in [2.05, 4.69) is 32.3 Å². The molecule has 2 N–H and O–H groups in total. The second-order valence-corrected chi connectivity index (χ2v) is 5.19. The molecule has 0 unspecified atom stereocenters. The highest BCUT2D eigenvalue weighted by molar-refractivity contribution is 5.31. The lowest BCUT2D eigenvalue weighted by Crippen LogP contribution is -2.49. The van der Waals surface area contributed by atoms with Gasteiger partial charge in [0.25, 0.3) is 0 Å². The maximum atomic E-state index is 13.1. The predicted molar refractivity (Wildman–Crippen MR) is 75.3 cm³/mol. The Labute approximate surface area is 117 Å². The van der Waals surface area contributed by atoms with Crippen LogP contribution in [0.1, 0.15) is 18.3 Å². The molecule has 0 bridgehead atoms. The van der Waals surface area contributed by atoms with Crippen molar-refractivity contribution >= 4 is 5.95 Å². The number of piperazine rings is 1. The van der Waals surface area contributed by atoms with Crippen molar-refractivity contribution < 1.29 is 4.39 Å². The van der Waals surface area contributed by atoms with Crippen molar-refractivity contribution in [3.8, 4) is 0 Å². The van der Waals surface area contributed by atoms with Gasteiger partial charge < -0.3 is 10.2 Å². The van der Waals surface area contributed by atoms with Gasteiger partial charge in [0, 0.05) is 32.1 Å². The van der Waals surface area contributed by atoms with Crippen LogP contribution in [0.4, 0.5) is 10.3 Å². The van der Waals surface area contributed by atoms with Crippen molar-refractivity contribution in [1.29, 1.82) is 0 Å². The van der Waals surface area contributed by atoms with Gasteiger partial charge in [-0.15, -0.1) is 5.10 Å². The first kappa shape index (κ1) is 13.1. The second kappa shape index (κ2) is 5.58. The molecule has 1 aromatic heterocycles. The highest BCUT2D eigenvalue weighted by Gasteiger charge is 2.19. The van der Waals surface area contributed by atoms with Crippen LogP contribution in [-0.2, 0) is 6.42 Å². The predicted octanol–water partition coefficient (Wildman–Crippen LogP) is 1.33. The fraction of sp³-hybridized carbons (Fsp3) is 0.429. The van der Waals surface area contributed by atoms with E-state index in [1.807, 2.05) is 6.07 Å². The molecule has 1 atom stereocenters. The number of rotatable bonds is 3. The zero-order chi connectivity index (χ0) is 13.9. The summed E-state index contributed by atoms with van der Waals surface area (Å²) in [5.74, 6) is 1.26. The maximum Gasteiger partial charge on any atom is 0.244 e. The molecule has 0 saturated carbocycles. The SMILES string of the molecule is C[C@H]1CN(c2n[nH]c(Cc3cccc(F)c3)n2)CCN1. The molecular weight excluding hydrogens is 257 g/mol. The van der Waals surface area contributed by atoms with Gasteiger partial charge in [0.05, 0.1) is 0 Å². The van der Waals surface area contributed by atoms with E-state index in [-0.39, 0.29) is 5.82 Å². The number of benzene rings is 1. The first-order valence-corrected chi connectivity index (χ1v) is 6.85. The third-order valence-corrected chi connectivity index (χ3v) is 3.43. The molecule has 2 heterocycles. The Morgan fingerprint density at radius 3 is 3.15 bits per heavy atom. The lowest BCUT2D eigenvalue weighted by Gasteiger charge is -2.30. The molecule has 2 aromatic rings. The summed E-state index contributed by atoms with van der Waals surface area (Å²) in [4.78, 5) is 6.66. The maximum absolute atomic E-state index is 13.1. The average molecular weight is 275 g/mol. The van der Waals surface area contributed by atoms with Gasteiger partial charge in [-0.05, 0) is 24.6 Å². The molecule has 0 amide bonds. The van der Waals surface area contributed by atoms with E-state index in [9.17, 15) is 4.39 Å². The number of nitrogens with zero attached hydrogens (tertiary/aromatic N) is 3. The minimum atomic E-state index is -0.224. The van der Waals surface area contributed by atoms with E-state index in [4.69, 9.17) is 0 Å². The second-order valence-electron chi connectivity index (χ2n) is 5.19. The summed E-state index contributed by atoms with van der Waals surface area (Å²) >= 11 is 0. The van der Waals surface area contributed by atoms with Crippen LogP contribution in [0, 0.1) is 5.82 Å². The van der Waals surface area contributed by atoms with Gasteiger partial charge in [0.15, 0.2) is 0 Å². The Morgan fingerprint density at radius 2 is 2.35 bits per heavy atom. The molecule has 5 nitrogen and oxygen atoms in total. The number of hydrogen-bond donors (Lipinski definition) is 2. The topological polar surface area (TPSA) is 56.8 Å². The Kier molecular flexibility index (Phi) is 3.64. The van der Waals surface area contributed by atoms with Gasteiger partial charge in [-0.3, -0.25) is 5.10 Å². The largest absolute Gasteiger partial charge is 0.337 e. The third kappa shape index (κ3) is 2.96. The molecule has 1 saturated heterocycles. The normalized spacial score (nSPS) is 19.3. The smallest absolute Gasteiger partial charge is 0.244 e. The Balaban J connectivity index is 1.70. The molecule has 1 aliphatic rings. The van der Waals surface area contributed by atoms with Gasteiger partial charge in [-0.1, -0.05) is 12.1 Å². The molecule has 106 valence electrons. The van der Waals surface area contributed by atoms with Crippen molar-refractivity contribution in [2.75, 3.05) is 24.5 Å². The zero-order valence-electron chi connectivity index (χ0n) is 11.4. The van der Waals surface area contributed by atoms with Crippen LogP contribution < -0.4 is 10.2 Å². The van der Waals surface area contributed by atoms with Crippen LogP contribution in [0.15, 0.2) is 24.3 Å². The Morgan fingerprint density at radius 1 is 1.45 bits per heavy atom. The van der Waals surface area contributed by atoms with E-state index in [1.165, 1.54) is 12.1 Å². The van der Waals surface area contributed by atoms with Gasteiger partial charge in [0.1, 0.15) is 11.6 Å². The molecule has 1 aromatic carbocycles. The Hall–Kier alpha value is -1.95. The number of nitrogens with one attached hydrogen (secondary N) is 2. The number of hydrogen-bond acceptors (Lipinski definition) is 4. The van der Waals surface area contributed by atoms with E-state index in [0.717, 1.165) is 37.0 Å². The molecule has 0 radical (unpaired) electrons. The lowest BCUT2D eigenvalue weighted by atomic mass is 10.1. The van der Waals surface area contributed by atoms with Crippen molar-refractivity contribution in [3.05, 3.63) is 41.5 Å². The first-order valence-electron chi connectivity index (χ1n) is 6.85. The average Bonchev–Trinajstić information content (AvgIpc) is 2.87. The summed E-state index contributed by atoms with van der Waals surface area (Å²) in [5.41, 5.74) is 0.890. The fourth-order valence-corrected chi connectivity index (χ4v) is 2.46. The standard InChI is InChI=1S/C14H18FN5/c1-10-9-20(6-5-16-10)14-17-13(18-19-14)8-11-3-2-4-12(15)7-11/h2-4,7,10,16H,5-6,8-9H2,1H3,(H,17,18,19)/t10-/m0/s1. The summed E-state index contributed by atoms with van der Waals surface area (Å²) in [6, 6.07) is 7.00. The molecule has 1 aliphatic heterocycles. The molecular formula is C14H18FN5. The number of aromatic amines is 1. The number of aromatic nitrogens is 3. The number of anilines is 1. The minimum Gasteiger partial charge on any atom is -0.337 e. The Bertz CT molecular complexity index is 582. The van der Waals surface area contributed by atoms with E-state index in [0.29, 0.717) is 12.5 Å². The molecule has 0 spiro atoms. The van der Waals surface area contributed by atoms with Crippen molar-refractivity contribution in [1.82, 2.24) is 20.5 Å². The summed E-state index contributed by atoms with van der Waals surface area (Å²) in [6.45, 7) is 4.89. The minimum absolute atomic E-state index is 0.224. The molecule has 20 heavy (non-hydrogen) atoms. The monoisotopic (exact) mass is 275 g/mol.